The van der Waals surface area contributed by atoms with Crippen LogP contribution in [0.3, 0.4) is 0 Å². The Kier molecular flexibility index (Phi) is 6.50. The van der Waals surface area contributed by atoms with Gasteiger partial charge in [-0.05, 0) is 66.9 Å². The number of aryl methyl sites for hydroxylation is 1. The number of benzene rings is 3. The number of aliphatic imine (C=N–C) groups is 1. The molecule has 0 aliphatic carbocycles. The molecule has 3 aromatic carbocycles. The molecule has 3 nitrogen and oxygen atoms in total. The molecule has 0 aliphatic rings. The molecule has 0 aromatic heterocycles. The lowest BCUT2D eigenvalue weighted by Crippen LogP contribution is -2.00. The maximum atomic E-state index is 5.94. The van der Waals surface area contributed by atoms with Gasteiger partial charge in [-0.3, -0.25) is 4.99 Å². The third kappa shape index (κ3) is 5.35. The lowest BCUT2D eigenvalue weighted by molar-refractivity contribution is 0.269. The second-order valence-corrected chi connectivity index (χ2v) is 6.54. The van der Waals surface area contributed by atoms with E-state index in [1.807, 2.05) is 86.8 Å². The standard InChI is InChI=1S/C23H22ClNO2/c1-3-26-23-14-19(15-25-21-7-5-4-6-17(21)2)10-13-22(23)27-16-18-8-11-20(24)12-9-18/h4-15H,3,16H2,1-2H3. The fourth-order valence-electron chi connectivity index (χ4n) is 2.59. The van der Waals surface area contributed by atoms with Gasteiger partial charge in [0.05, 0.1) is 12.3 Å². The van der Waals surface area contributed by atoms with Crippen LogP contribution < -0.4 is 9.47 Å². The monoisotopic (exact) mass is 379 g/mol. The minimum absolute atomic E-state index is 0.452. The van der Waals surface area contributed by atoms with Crippen molar-refractivity contribution < 1.29 is 9.47 Å². The third-order valence-corrected chi connectivity index (χ3v) is 4.30. The fraction of sp³-hybridized carbons (Fsp3) is 0.174. The first kappa shape index (κ1) is 19.0. The summed E-state index contributed by atoms with van der Waals surface area (Å²) in [6, 6.07) is 21.5. The Bertz CT molecular complexity index is 920. The highest BCUT2D eigenvalue weighted by atomic mass is 35.5. The summed E-state index contributed by atoms with van der Waals surface area (Å²) in [6.45, 7) is 5.02. The second-order valence-electron chi connectivity index (χ2n) is 6.10. The summed E-state index contributed by atoms with van der Waals surface area (Å²) in [4.78, 5) is 4.57. The largest absolute Gasteiger partial charge is 0.490 e. The van der Waals surface area contributed by atoms with Crippen molar-refractivity contribution in [2.75, 3.05) is 6.61 Å². The predicted octanol–water partition coefficient (Wildman–Crippen LogP) is 6.38. The Morgan fingerprint density at radius 2 is 1.70 bits per heavy atom. The molecule has 0 saturated heterocycles. The lowest BCUT2D eigenvalue weighted by atomic mass is 10.2. The van der Waals surface area contributed by atoms with E-state index in [2.05, 4.69) is 4.99 Å². The van der Waals surface area contributed by atoms with E-state index in [0.717, 1.165) is 22.4 Å². The SMILES string of the molecule is CCOc1cc(C=Nc2ccccc2C)ccc1OCc1ccc(Cl)cc1. The Balaban J connectivity index is 1.75. The Labute approximate surface area is 165 Å². The van der Waals surface area contributed by atoms with Crippen LogP contribution in [0.1, 0.15) is 23.6 Å². The van der Waals surface area contributed by atoms with Crippen molar-refractivity contribution in [1.29, 1.82) is 0 Å². The molecule has 27 heavy (non-hydrogen) atoms. The quantitative estimate of drug-likeness (QED) is 0.446. The zero-order valence-electron chi connectivity index (χ0n) is 15.5. The highest BCUT2D eigenvalue weighted by Gasteiger charge is 2.07. The first-order valence-electron chi connectivity index (χ1n) is 8.89. The van der Waals surface area contributed by atoms with Gasteiger partial charge in [-0.2, -0.15) is 0 Å². The van der Waals surface area contributed by atoms with Crippen molar-refractivity contribution in [3.8, 4) is 11.5 Å². The van der Waals surface area contributed by atoms with Gasteiger partial charge in [0.15, 0.2) is 11.5 Å². The molecule has 0 heterocycles. The minimum atomic E-state index is 0.452. The van der Waals surface area contributed by atoms with E-state index >= 15 is 0 Å². The molecule has 0 aliphatic heterocycles. The molecule has 3 aromatic rings. The van der Waals surface area contributed by atoms with Crippen molar-refractivity contribution in [2.24, 2.45) is 4.99 Å². The summed E-state index contributed by atoms with van der Waals surface area (Å²) in [5, 5.41) is 0.714. The average Bonchev–Trinajstić information content (AvgIpc) is 2.68. The van der Waals surface area contributed by atoms with E-state index in [0.29, 0.717) is 29.7 Å². The fourth-order valence-corrected chi connectivity index (χ4v) is 2.71. The number of nitrogens with zero attached hydrogens (tertiary/aromatic N) is 1. The van der Waals surface area contributed by atoms with Crippen molar-refractivity contribution in [3.63, 3.8) is 0 Å². The van der Waals surface area contributed by atoms with Crippen LogP contribution in [0.5, 0.6) is 11.5 Å². The van der Waals surface area contributed by atoms with Gasteiger partial charge in [-0.1, -0.05) is 41.9 Å². The minimum Gasteiger partial charge on any atom is -0.490 e. The molecule has 138 valence electrons. The first-order valence-corrected chi connectivity index (χ1v) is 9.27. The molecular formula is C23H22ClNO2. The van der Waals surface area contributed by atoms with Crippen LogP contribution >= 0.6 is 11.6 Å². The molecule has 0 unspecified atom stereocenters. The number of para-hydroxylation sites is 1. The van der Waals surface area contributed by atoms with Gasteiger partial charge in [-0.25, -0.2) is 0 Å². The maximum absolute atomic E-state index is 5.94. The normalized spacial score (nSPS) is 10.9. The Morgan fingerprint density at radius 3 is 2.44 bits per heavy atom. The van der Waals surface area contributed by atoms with Gasteiger partial charge in [-0.15, -0.1) is 0 Å². The number of ether oxygens (including phenoxy) is 2. The summed E-state index contributed by atoms with van der Waals surface area (Å²) < 4.78 is 11.7. The molecule has 0 saturated carbocycles. The summed E-state index contributed by atoms with van der Waals surface area (Å²) in [5.41, 5.74) is 4.10. The number of hydrogen-bond acceptors (Lipinski definition) is 3. The van der Waals surface area contributed by atoms with Crippen molar-refractivity contribution in [3.05, 3.63) is 88.4 Å². The predicted molar refractivity (Wildman–Crippen MR) is 112 cm³/mol. The van der Waals surface area contributed by atoms with Crippen LogP contribution in [0, 0.1) is 6.92 Å². The topological polar surface area (TPSA) is 30.8 Å². The van der Waals surface area contributed by atoms with Crippen LogP contribution in [-0.4, -0.2) is 12.8 Å². The van der Waals surface area contributed by atoms with Gasteiger partial charge in [0.1, 0.15) is 6.61 Å². The summed E-state index contributed by atoms with van der Waals surface area (Å²) in [5.74, 6) is 1.42. The van der Waals surface area contributed by atoms with Gasteiger partial charge in [0.2, 0.25) is 0 Å². The van der Waals surface area contributed by atoms with Crippen LogP contribution in [0.2, 0.25) is 5.02 Å². The maximum Gasteiger partial charge on any atom is 0.161 e. The molecule has 0 bridgehead atoms. The Hall–Kier alpha value is -2.78. The molecule has 0 amide bonds. The van der Waals surface area contributed by atoms with Crippen molar-refractivity contribution >= 4 is 23.5 Å². The zero-order chi connectivity index (χ0) is 19.1. The molecule has 4 heteroatoms. The van der Waals surface area contributed by atoms with E-state index in [1.165, 1.54) is 0 Å². The number of halogens is 1. The molecule has 0 spiro atoms. The van der Waals surface area contributed by atoms with E-state index in [4.69, 9.17) is 21.1 Å². The lowest BCUT2D eigenvalue weighted by Gasteiger charge is -2.12. The summed E-state index contributed by atoms with van der Waals surface area (Å²) in [7, 11) is 0. The number of rotatable bonds is 7. The second kappa shape index (κ2) is 9.24. The van der Waals surface area contributed by atoms with Gasteiger partial charge < -0.3 is 9.47 Å². The van der Waals surface area contributed by atoms with Crippen LogP contribution in [0.15, 0.2) is 71.7 Å². The van der Waals surface area contributed by atoms with Crippen LogP contribution in [0.25, 0.3) is 0 Å². The van der Waals surface area contributed by atoms with Crippen molar-refractivity contribution in [1.82, 2.24) is 0 Å². The van der Waals surface area contributed by atoms with E-state index in [9.17, 15) is 0 Å². The molecule has 0 N–H and O–H groups in total. The smallest absolute Gasteiger partial charge is 0.161 e. The summed E-state index contributed by atoms with van der Waals surface area (Å²) in [6.07, 6.45) is 1.84. The van der Waals surface area contributed by atoms with Crippen LogP contribution in [0.4, 0.5) is 5.69 Å². The first-order chi connectivity index (χ1) is 13.2. The summed E-state index contributed by atoms with van der Waals surface area (Å²) >= 11 is 5.92. The van der Waals surface area contributed by atoms with E-state index in [-0.39, 0.29) is 0 Å². The molecule has 3 rings (SSSR count). The van der Waals surface area contributed by atoms with Crippen LogP contribution in [-0.2, 0) is 6.61 Å². The van der Waals surface area contributed by atoms with E-state index < -0.39 is 0 Å². The molecule has 0 atom stereocenters. The number of hydrogen-bond donors (Lipinski definition) is 0. The van der Waals surface area contributed by atoms with Gasteiger partial charge >= 0.3 is 0 Å². The molecule has 0 fully saturated rings. The molecule has 0 radical (unpaired) electrons. The third-order valence-electron chi connectivity index (χ3n) is 4.04. The van der Waals surface area contributed by atoms with E-state index in [1.54, 1.807) is 0 Å². The Morgan fingerprint density at radius 1 is 0.926 bits per heavy atom. The molecular weight excluding hydrogens is 358 g/mol. The zero-order valence-corrected chi connectivity index (χ0v) is 16.2. The van der Waals surface area contributed by atoms with Gasteiger partial charge in [0.25, 0.3) is 0 Å². The van der Waals surface area contributed by atoms with Crippen molar-refractivity contribution in [2.45, 2.75) is 20.5 Å². The van der Waals surface area contributed by atoms with Gasteiger partial charge in [0, 0.05) is 11.2 Å². The highest BCUT2D eigenvalue weighted by Crippen LogP contribution is 2.29. The average molecular weight is 380 g/mol. The highest BCUT2D eigenvalue weighted by molar-refractivity contribution is 6.30.